The number of carbonyl (C=O) groups is 1. The van der Waals surface area contributed by atoms with Gasteiger partial charge in [-0.2, -0.15) is 0 Å². The van der Waals surface area contributed by atoms with Gasteiger partial charge >= 0.3 is 6.09 Å². The molecule has 110 valence electrons. The summed E-state index contributed by atoms with van der Waals surface area (Å²) in [5, 5.41) is 0.590. The molecule has 0 N–H and O–H groups in total. The van der Waals surface area contributed by atoms with E-state index in [-0.39, 0.29) is 12.1 Å². The van der Waals surface area contributed by atoms with Crippen LogP contribution >= 0.6 is 38.9 Å². The lowest BCUT2D eigenvalue weighted by atomic mass is 10.2. The molecule has 1 saturated heterocycles. The number of ether oxygens (including phenoxy) is 1. The molecule has 0 bridgehead atoms. The highest BCUT2D eigenvalue weighted by atomic mass is 79.9. The number of cyclic esters (lactones) is 1. The summed E-state index contributed by atoms with van der Waals surface area (Å²) in [7, 11) is 0. The predicted molar refractivity (Wildman–Crippen MR) is 88.2 cm³/mol. The van der Waals surface area contributed by atoms with Crippen molar-refractivity contribution >= 4 is 50.1 Å². The summed E-state index contributed by atoms with van der Waals surface area (Å²) in [6.07, 6.45) is 0.464. The molecule has 0 saturated carbocycles. The van der Waals surface area contributed by atoms with Crippen molar-refractivity contribution in [1.29, 1.82) is 0 Å². The molecule has 0 radical (unpaired) electrons. The van der Waals surface area contributed by atoms with Crippen molar-refractivity contribution in [3.8, 4) is 11.3 Å². The minimum atomic E-state index is -0.352. The van der Waals surface area contributed by atoms with Crippen LogP contribution in [0.5, 0.6) is 0 Å². The Hall–Kier alpha value is -1.11. The van der Waals surface area contributed by atoms with Gasteiger partial charge in [0.15, 0.2) is 5.13 Å². The fourth-order valence-electron chi connectivity index (χ4n) is 2.18. The van der Waals surface area contributed by atoms with Crippen LogP contribution in [0.25, 0.3) is 11.3 Å². The molecule has 1 aliphatic heterocycles. The van der Waals surface area contributed by atoms with Crippen LogP contribution in [-0.2, 0) is 4.74 Å². The molecule has 2 heterocycles. The number of benzene rings is 1. The molecule has 2 aromatic rings. The van der Waals surface area contributed by atoms with E-state index in [9.17, 15) is 4.79 Å². The topological polar surface area (TPSA) is 42.4 Å². The van der Waals surface area contributed by atoms with Gasteiger partial charge in [0.25, 0.3) is 0 Å². The van der Waals surface area contributed by atoms with Gasteiger partial charge < -0.3 is 4.74 Å². The van der Waals surface area contributed by atoms with Gasteiger partial charge in [0.1, 0.15) is 16.6 Å². The van der Waals surface area contributed by atoms with E-state index in [1.807, 2.05) is 31.2 Å². The first-order valence-electron chi connectivity index (χ1n) is 6.48. The number of aromatic nitrogens is 1. The molecule has 7 heteroatoms. The highest BCUT2D eigenvalue weighted by molar-refractivity contribution is 9.10. The van der Waals surface area contributed by atoms with E-state index in [0.29, 0.717) is 21.8 Å². The van der Waals surface area contributed by atoms with Crippen molar-refractivity contribution in [2.24, 2.45) is 0 Å². The molecule has 0 unspecified atom stereocenters. The molecular weight excluding hydrogens is 376 g/mol. The number of anilines is 1. The van der Waals surface area contributed by atoms with Crippen molar-refractivity contribution in [3.05, 3.63) is 33.1 Å². The van der Waals surface area contributed by atoms with E-state index in [2.05, 4.69) is 20.9 Å². The second-order valence-electron chi connectivity index (χ2n) is 4.63. The largest absolute Gasteiger partial charge is 0.447 e. The van der Waals surface area contributed by atoms with Crippen LogP contribution in [0.3, 0.4) is 0 Å². The zero-order valence-corrected chi connectivity index (χ0v) is 14.3. The molecule has 1 aliphatic rings. The molecule has 1 atom stereocenters. The van der Waals surface area contributed by atoms with E-state index in [1.54, 1.807) is 4.90 Å². The van der Waals surface area contributed by atoms with Crippen molar-refractivity contribution in [3.63, 3.8) is 0 Å². The molecule has 0 spiro atoms. The fourth-order valence-corrected chi connectivity index (χ4v) is 3.68. The molecule has 1 amide bonds. The third-order valence-corrected chi connectivity index (χ3v) is 5.11. The Morgan fingerprint density at radius 2 is 2.19 bits per heavy atom. The highest BCUT2D eigenvalue weighted by Crippen LogP contribution is 2.39. The lowest BCUT2D eigenvalue weighted by Gasteiger charge is -2.16. The fraction of sp³-hybridized carbons (Fsp3) is 0.286. The van der Waals surface area contributed by atoms with Crippen LogP contribution in [0.4, 0.5) is 9.93 Å². The number of halogens is 2. The van der Waals surface area contributed by atoms with E-state index < -0.39 is 0 Å². The summed E-state index contributed by atoms with van der Waals surface area (Å²) < 4.78 is 6.66. The summed E-state index contributed by atoms with van der Waals surface area (Å²) in [5.41, 5.74) is 1.62. The van der Waals surface area contributed by atoms with Crippen LogP contribution in [-0.4, -0.2) is 23.7 Å². The molecule has 0 aliphatic carbocycles. The number of thiazole rings is 1. The molecule has 21 heavy (non-hydrogen) atoms. The van der Waals surface area contributed by atoms with E-state index in [4.69, 9.17) is 16.3 Å². The minimum absolute atomic E-state index is 0.0254. The molecule has 3 rings (SSSR count). The molecule has 1 fully saturated rings. The van der Waals surface area contributed by atoms with Gasteiger partial charge in [-0.15, -0.1) is 0 Å². The van der Waals surface area contributed by atoms with Gasteiger partial charge in [0, 0.05) is 10.0 Å². The van der Waals surface area contributed by atoms with E-state index in [1.165, 1.54) is 11.3 Å². The molecule has 1 aromatic heterocycles. The van der Waals surface area contributed by atoms with Gasteiger partial charge in [0.2, 0.25) is 0 Å². The van der Waals surface area contributed by atoms with Crippen molar-refractivity contribution in [2.75, 3.05) is 11.5 Å². The van der Waals surface area contributed by atoms with E-state index >= 15 is 0 Å². The van der Waals surface area contributed by atoms with Gasteiger partial charge in [-0.3, -0.25) is 0 Å². The second kappa shape index (κ2) is 5.94. The van der Waals surface area contributed by atoms with Crippen molar-refractivity contribution in [2.45, 2.75) is 19.4 Å². The Balaban J connectivity index is 1.97. The van der Waals surface area contributed by atoms with Crippen LogP contribution in [0.2, 0.25) is 4.34 Å². The maximum Gasteiger partial charge on any atom is 0.416 e. The normalized spacial score (nSPS) is 18.1. The number of carbonyl (C=O) groups excluding carboxylic acids is 1. The Kier molecular flexibility index (Phi) is 4.19. The van der Waals surface area contributed by atoms with Crippen LogP contribution in [0.15, 0.2) is 28.7 Å². The van der Waals surface area contributed by atoms with E-state index in [0.717, 1.165) is 16.5 Å². The predicted octanol–water partition coefficient (Wildman–Crippen LogP) is 4.96. The molecular formula is C14H12BrClN2O2S. The summed E-state index contributed by atoms with van der Waals surface area (Å²) in [6.45, 7) is 2.42. The average Bonchev–Trinajstić information content (AvgIpc) is 3.02. The van der Waals surface area contributed by atoms with Crippen LogP contribution in [0.1, 0.15) is 13.3 Å². The van der Waals surface area contributed by atoms with Crippen molar-refractivity contribution in [1.82, 2.24) is 4.98 Å². The number of amides is 1. The van der Waals surface area contributed by atoms with Gasteiger partial charge in [-0.25, -0.2) is 14.7 Å². The lowest BCUT2D eigenvalue weighted by Crippen LogP contribution is -2.32. The monoisotopic (exact) mass is 386 g/mol. The third-order valence-electron chi connectivity index (χ3n) is 3.33. The number of hydrogen-bond donors (Lipinski definition) is 0. The Morgan fingerprint density at radius 3 is 2.86 bits per heavy atom. The first-order chi connectivity index (χ1) is 10.1. The standard InChI is InChI=1S/C14H12BrClN2O2S/c1-2-10-7-20-14(19)18(10)13-17-11(12(16)21-13)8-3-5-9(15)6-4-8/h3-6,10H,2,7H2,1H3/t10-/m0/s1. The first-order valence-corrected chi connectivity index (χ1v) is 8.47. The SMILES string of the molecule is CC[C@H]1COC(=O)N1c1nc(-c2ccc(Br)cc2)c(Cl)s1. The van der Waals surface area contributed by atoms with Gasteiger partial charge in [-0.05, 0) is 18.6 Å². The zero-order chi connectivity index (χ0) is 15.0. The maximum atomic E-state index is 11.9. The van der Waals surface area contributed by atoms with Gasteiger partial charge in [-0.1, -0.05) is 57.9 Å². The number of nitrogens with zero attached hydrogens (tertiary/aromatic N) is 2. The van der Waals surface area contributed by atoms with Gasteiger partial charge in [0.05, 0.1) is 6.04 Å². The van der Waals surface area contributed by atoms with Crippen LogP contribution < -0.4 is 4.90 Å². The van der Waals surface area contributed by atoms with Crippen molar-refractivity contribution < 1.29 is 9.53 Å². The summed E-state index contributed by atoms with van der Waals surface area (Å²) >= 11 is 11.0. The summed E-state index contributed by atoms with van der Waals surface area (Å²) in [5.74, 6) is 0. The summed E-state index contributed by atoms with van der Waals surface area (Å²) in [6, 6.07) is 7.77. The smallest absolute Gasteiger partial charge is 0.416 e. The Labute approximate surface area is 139 Å². The summed E-state index contributed by atoms with van der Waals surface area (Å²) in [4.78, 5) is 18.0. The molecule has 1 aromatic carbocycles. The lowest BCUT2D eigenvalue weighted by molar-refractivity contribution is 0.178. The number of hydrogen-bond acceptors (Lipinski definition) is 4. The average molecular weight is 388 g/mol. The number of rotatable bonds is 3. The molecule has 4 nitrogen and oxygen atoms in total. The Morgan fingerprint density at radius 1 is 1.48 bits per heavy atom. The maximum absolute atomic E-state index is 11.9. The minimum Gasteiger partial charge on any atom is -0.447 e. The first kappa shape index (κ1) is 14.8. The quantitative estimate of drug-likeness (QED) is 0.747. The second-order valence-corrected chi connectivity index (χ2v) is 7.13. The zero-order valence-electron chi connectivity index (χ0n) is 11.2. The van der Waals surface area contributed by atoms with Crippen LogP contribution in [0, 0.1) is 0 Å². The highest BCUT2D eigenvalue weighted by Gasteiger charge is 2.35. The Bertz CT molecular complexity index is 674. The third kappa shape index (κ3) is 2.80.